The summed E-state index contributed by atoms with van der Waals surface area (Å²) in [5, 5.41) is 4.84. The van der Waals surface area contributed by atoms with Crippen molar-refractivity contribution < 1.29 is 18.7 Å². The number of benzene rings is 2. The van der Waals surface area contributed by atoms with E-state index in [4.69, 9.17) is 14.6 Å². The molecule has 0 bridgehead atoms. The summed E-state index contributed by atoms with van der Waals surface area (Å²) in [5.41, 5.74) is 2.49. The molecule has 2 aromatic carbocycles. The molecule has 6 nitrogen and oxygen atoms in total. The molecule has 1 aromatic heterocycles. The van der Waals surface area contributed by atoms with Crippen LogP contribution in [0.25, 0.3) is 5.69 Å². The molecule has 0 saturated carbocycles. The van der Waals surface area contributed by atoms with Crippen LogP contribution in [0.4, 0.5) is 4.39 Å². The van der Waals surface area contributed by atoms with E-state index < -0.39 is 0 Å². The Morgan fingerprint density at radius 3 is 2.68 bits per heavy atom. The maximum Gasteiger partial charge on any atom is 0.227 e. The normalized spacial score (nSPS) is 15.6. The van der Waals surface area contributed by atoms with Crippen molar-refractivity contribution in [1.29, 1.82) is 0 Å². The fraction of sp³-hybridized carbons (Fsp3) is 0.407. The van der Waals surface area contributed by atoms with Crippen LogP contribution in [-0.4, -0.2) is 39.8 Å². The van der Waals surface area contributed by atoms with E-state index in [9.17, 15) is 9.18 Å². The number of carbonyl (C=O) groups is 1. The summed E-state index contributed by atoms with van der Waals surface area (Å²) in [6.45, 7) is 7.44. The predicted octanol–water partition coefficient (Wildman–Crippen LogP) is 5.53. The molecule has 1 fully saturated rings. The molecule has 180 valence electrons. The molecular weight excluding hydrogens is 433 g/mol. The fourth-order valence-electron chi connectivity index (χ4n) is 4.23. The monoisotopic (exact) mass is 465 g/mol. The maximum absolute atomic E-state index is 13.9. The lowest BCUT2D eigenvalue weighted by molar-refractivity contribution is -0.136. The van der Waals surface area contributed by atoms with Gasteiger partial charge in [0.2, 0.25) is 11.8 Å². The Bertz CT molecular complexity index is 1110. The van der Waals surface area contributed by atoms with Crippen molar-refractivity contribution in [2.24, 2.45) is 5.92 Å². The molecule has 0 aliphatic carbocycles. The Hall–Kier alpha value is -3.19. The summed E-state index contributed by atoms with van der Waals surface area (Å²) in [5.74, 6) is 0.393. The fourth-order valence-corrected chi connectivity index (χ4v) is 4.23. The number of halogens is 1. The third-order valence-electron chi connectivity index (χ3n) is 5.97. The number of para-hydroxylation sites is 1. The van der Waals surface area contributed by atoms with Crippen molar-refractivity contribution in [2.75, 3.05) is 13.2 Å². The molecule has 34 heavy (non-hydrogen) atoms. The van der Waals surface area contributed by atoms with Gasteiger partial charge in [-0.15, -0.1) is 0 Å². The van der Waals surface area contributed by atoms with Crippen molar-refractivity contribution in [2.45, 2.75) is 52.7 Å². The average Bonchev–Trinajstić information content (AvgIpc) is 3.47. The van der Waals surface area contributed by atoms with Gasteiger partial charge in [-0.1, -0.05) is 45.0 Å². The lowest BCUT2D eigenvalue weighted by Gasteiger charge is -2.27. The SMILES string of the molecule is CCc1nn(-c2ccccc2)c(Oc2cccc(F)c2)c1CN(CC1CCCO1)C(=O)C(C)C. The van der Waals surface area contributed by atoms with Crippen LogP contribution in [0.5, 0.6) is 11.6 Å². The van der Waals surface area contributed by atoms with E-state index in [0.29, 0.717) is 31.1 Å². The molecule has 1 aliphatic heterocycles. The van der Waals surface area contributed by atoms with Gasteiger partial charge in [0.1, 0.15) is 11.6 Å². The number of amides is 1. The van der Waals surface area contributed by atoms with Crippen molar-refractivity contribution in [3.05, 3.63) is 71.7 Å². The van der Waals surface area contributed by atoms with Crippen LogP contribution in [0.3, 0.4) is 0 Å². The highest BCUT2D eigenvalue weighted by atomic mass is 19.1. The number of hydrogen-bond acceptors (Lipinski definition) is 4. The first-order chi connectivity index (χ1) is 16.5. The minimum Gasteiger partial charge on any atom is -0.438 e. The van der Waals surface area contributed by atoms with Gasteiger partial charge in [-0.25, -0.2) is 9.07 Å². The zero-order valence-corrected chi connectivity index (χ0v) is 20.0. The highest BCUT2D eigenvalue weighted by molar-refractivity contribution is 5.78. The van der Waals surface area contributed by atoms with Crippen LogP contribution in [0.15, 0.2) is 54.6 Å². The zero-order valence-electron chi connectivity index (χ0n) is 20.0. The Morgan fingerprint density at radius 1 is 1.24 bits per heavy atom. The van der Waals surface area contributed by atoms with Gasteiger partial charge in [0.05, 0.1) is 29.6 Å². The summed E-state index contributed by atoms with van der Waals surface area (Å²) >= 11 is 0. The van der Waals surface area contributed by atoms with Gasteiger partial charge in [-0.05, 0) is 43.5 Å². The van der Waals surface area contributed by atoms with E-state index in [2.05, 4.69) is 0 Å². The summed E-state index contributed by atoms with van der Waals surface area (Å²) in [4.78, 5) is 15.0. The van der Waals surface area contributed by atoms with E-state index in [1.54, 1.807) is 16.8 Å². The largest absolute Gasteiger partial charge is 0.438 e. The van der Waals surface area contributed by atoms with E-state index in [0.717, 1.165) is 36.4 Å². The average molecular weight is 466 g/mol. The zero-order chi connectivity index (χ0) is 24.1. The molecule has 7 heteroatoms. The second-order valence-electron chi connectivity index (χ2n) is 8.90. The van der Waals surface area contributed by atoms with Gasteiger partial charge in [-0.2, -0.15) is 5.10 Å². The first-order valence-corrected chi connectivity index (χ1v) is 12.0. The van der Waals surface area contributed by atoms with Crippen LogP contribution >= 0.6 is 0 Å². The maximum atomic E-state index is 13.9. The van der Waals surface area contributed by atoms with Crippen molar-refractivity contribution in [3.8, 4) is 17.3 Å². The Balaban J connectivity index is 1.77. The van der Waals surface area contributed by atoms with Gasteiger partial charge in [0.25, 0.3) is 0 Å². The minimum atomic E-state index is -0.379. The van der Waals surface area contributed by atoms with E-state index >= 15 is 0 Å². The van der Waals surface area contributed by atoms with Gasteiger partial charge in [-0.3, -0.25) is 4.79 Å². The molecule has 1 aliphatic rings. The predicted molar refractivity (Wildman–Crippen MR) is 129 cm³/mol. The van der Waals surface area contributed by atoms with Crippen molar-refractivity contribution in [1.82, 2.24) is 14.7 Å². The van der Waals surface area contributed by atoms with Crippen LogP contribution in [0.2, 0.25) is 0 Å². The standard InChI is InChI=1S/C27H32FN3O3/c1-4-25-24(18-30(26(32)19(2)3)17-23-14-9-15-33-23)27(34-22-13-8-10-20(28)16-22)31(29-25)21-11-6-5-7-12-21/h5-8,10-13,16,19,23H,4,9,14-15,17-18H2,1-3H3. The number of nitrogens with zero attached hydrogens (tertiary/aromatic N) is 3. The number of rotatable bonds is 9. The minimum absolute atomic E-state index is 0.0320. The molecule has 1 amide bonds. The molecule has 2 heterocycles. The van der Waals surface area contributed by atoms with E-state index in [-0.39, 0.29) is 23.7 Å². The van der Waals surface area contributed by atoms with E-state index in [1.165, 1.54) is 12.1 Å². The summed E-state index contributed by atoms with van der Waals surface area (Å²) < 4.78 is 27.8. The summed E-state index contributed by atoms with van der Waals surface area (Å²) in [7, 11) is 0. The molecule has 1 unspecified atom stereocenters. The Labute approximate surface area is 200 Å². The Morgan fingerprint density at radius 2 is 2.03 bits per heavy atom. The second-order valence-corrected chi connectivity index (χ2v) is 8.90. The number of ether oxygens (including phenoxy) is 2. The lowest BCUT2D eigenvalue weighted by Crippen LogP contribution is -2.39. The number of carbonyl (C=O) groups excluding carboxylic acids is 1. The third kappa shape index (κ3) is 5.47. The molecular formula is C27H32FN3O3. The summed E-state index contributed by atoms with van der Waals surface area (Å²) in [6.07, 6.45) is 2.65. The molecule has 3 aromatic rings. The van der Waals surface area contributed by atoms with Gasteiger partial charge in [0, 0.05) is 25.1 Å². The highest BCUT2D eigenvalue weighted by Crippen LogP contribution is 2.33. The summed E-state index contributed by atoms with van der Waals surface area (Å²) in [6, 6.07) is 15.7. The van der Waals surface area contributed by atoms with Crippen LogP contribution in [-0.2, 0) is 22.5 Å². The van der Waals surface area contributed by atoms with Gasteiger partial charge >= 0.3 is 0 Å². The highest BCUT2D eigenvalue weighted by Gasteiger charge is 2.28. The smallest absolute Gasteiger partial charge is 0.227 e. The lowest BCUT2D eigenvalue weighted by atomic mass is 10.1. The Kier molecular flexibility index (Phi) is 7.63. The number of aromatic nitrogens is 2. The van der Waals surface area contributed by atoms with Gasteiger partial charge < -0.3 is 14.4 Å². The number of aryl methyl sites for hydroxylation is 1. The third-order valence-corrected chi connectivity index (χ3v) is 5.97. The van der Waals surface area contributed by atoms with Crippen LogP contribution in [0.1, 0.15) is 44.9 Å². The molecule has 0 spiro atoms. The van der Waals surface area contributed by atoms with Crippen molar-refractivity contribution >= 4 is 5.91 Å². The van der Waals surface area contributed by atoms with Crippen LogP contribution in [0, 0.1) is 11.7 Å². The van der Waals surface area contributed by atoms with Gasteiger partial charge in [0.15, 0.2) is 0 Å². The molecule has 0 N–H and O–H groups in total. The molecule has 4 rings (SSSR count). The van der Waals surface area contributed by atoms with E-state index in [1.807, 2.05) is 56.0 Å². The second kappa shape index (κ2) is 10.8. The van der Waals surface area contributed by atoms with Crippen molar-refractivity contribution in [3.63, 3.8) is 0 Å². The first kappa shape index (κ1) is 24.0. The van der Waals surface area contributed by atoms with Crippen LogP contribution < -0.4 is 4.74 Å². The topological polar surface area (TPSA) is 56.6 Å². The first-order valence-electron chi connectivity index (χ1n) is 12.0. The molecule has 1 atom stereocenters. The number of hydrogen-bond donors (Lipinski definition) is 0. The molecule has 1 saturated heterocycles. The molecule has 0 radical (unpaired) electrons. The quantitative estimate of drug-likeness (QED) is 0.417.